The van der Waals surface area contributed by atoms with E-state index in [9.17, 15) is 14.4 Å². The first-order chi connectivity index (χ1) is 35.0. The van der Waals surface area contributed by atoms with Crippen LogP contribution in [0.1, 0.15) is 342 Å². The number of allylic oxidation sites excluding steroid dienone is 6. The van der Waals surface area contributed by atoms with Gasteiger partial charge in [-0.2, -0.15) is 0 Å². The Balaban J connectivity index is 4.25. The molecule has 0 aromatic rings. The zero-order valence-electron chi connectivity index (χ0n) is 47.8. The lowest BCUT2D eigenvalue weighted by molar-refractivity contribution is -0.167. The third kappa shape index (κ3) is 58.4. The van der Waals surface area contributed by atoms with Gasteiger partial charge in [0.15, 0.2) is 6.10 Å². The van der Waals surface area contributed by atoms with E-state index < -0.39 is 6.10 Å². The number of carbonyl (C=O) groups excluding carboxylic acids is 3. The van der Waals surface area contributed by atoms with E-state index in [0.29, 0.717) is 19.3 Å². The molecule has 0 saturated carbocycles. The third-order valence-electron chi connectivity index (χ3n) is 14.1. The van der Waals surface area contributed by atoms with Gasteiger partial charge in [0.1, 0.15) is 13.2 Å². The van der Waals surface area contributed by atoms with Crippen LogP contribution in [-0.4, -0.2) is 37.2 Å². The van der Waals surface area contributed by atoms with Crippen molar-refractivity contribution in [1.82, 2.24) is 0 Å². The fourth-order valence-electron chi connectivity index (χ4n) is 9.39. The molecule has 0 radical (unpaired) electrons. The van der Waals surface area contributed by atoms with Gasteiger partial charge < -0.3 is 14.2 Å². The molecule has 0 heterocycles. The first kappa shape index (κ1) is 68.6. The summed E-state index contributed by atoms with van der Waals surface area (Å²) >= 11 is 0. The first-order valence-corrected chi connectivity index (χ1v) is 31.5. The number of esters is 3. The maximum absolute atomic E-state index is 12.9. The number of hydrogen-bond acceptors (Lipinski definition) is 6. The molecule has 1 atom stereocenters. The molecule has 0 rings (SSSR count). The van der Waals surface area contributed by atoms with Crippen molar-refractivity contribution in [2.75, 3.05) is 13.2 Å². The lowest BCUT2D eigenvalue weighted by Crippen LogP contribution is -2.30. The molecular formula is C65H120O6. The Kier molecular flexibility index (Phi) is 58.2. The van der Waals surface area contributed by atoms with Crippen LogP contribution in [0.4, 0.5) is 0 Å². The first-order valence-electron chi connectivity index (χ1n) is 31.5. The van der Waals surface area contributed by atoms with Gasteiger partial charge in [0.25, 0.3) is 0 Å². The second-order valence-corrected chi connectivity index (χ2v) is 21.3. The van der Waals surface area contributed by atoms with Gasteiger partial charge in [0.05, 0.1) is 0 Å². The fourth-order valence-corrected chi connectivity index (χ4v) is 9.39. The molecule has 0 amide bonds. The van der Waals surface area contributed by atoms with Crippen LogP contribution >= 0.6 is 0 Å². The average Bonchev–Trinajstić information content (AvgIpc) is 3.37. The summed E-state index contributed by atoms with van der Waals surface area (Å²) in [6.45, 7) is 6.68. The van der Waals surface area contributed by atoms with Gasteiger partial charge in [-0.3, -0.25) is 14.4 Å². The fraction of sp³-hybridized carbons (Fsp3) is 0.862. The number of hydrogen-bond donors (Lipinski definition) is 0. The molecule has 1 unspecified atom stereocenters. The zero-order chi connectivity index (χ0) is 51.4. The van der Waals surface area contributed by atoms with Crippen molar-refractivity contribution in [2.45, 2.75) is 348 Å². The van der Waals surface area contributed by atoms with E-state index in [4.69, 9.17) is 14.2 Å². The van der Waals surface area contributed by atoms with E-state index in [0.717, 1.165) is 70.6 Å². The number of ether oxygens (including phenoxy) is 3. The van der Waals surface area contributed by atoms with Gasteiger partial charge in [0.2, 0.25) is 0 Å². The Morgan fingerprint density at radius 2 is 0.507 bits per heavy atom. The molecule has 0 aliphatic heterocycles. The standard InChI is InChI=1S/C65H120O6/c1-4-7-10-13-16-19-22-25-27-28-29-30-31-32-33-34-35-36-38-40-43-46-49-52-55-58-64(67)70-61-62(60-69-63(66)57-54-51-48-45-42-39-24-21-18-15-12-9-6-3)71-65(68)59-56-53-50-47-44-41-37-26-23-20-17-14-11-8-5-2/h22,25,28-29,31-32,62H,4-21,23-24,26-27,30,33-61H2,1-3H3/b25-22-,29-28-,32-31-. The summed E-state index contributed by atoms with van der Waals surface area (Å²) in [5.41, 5.74) is 0. The highest BCUT2D eigenvalue weighted by Gasteiger charge is 2.19. The Morgan fingerprint density at radius 1 is 0.282 bits per heavy atom. The van der Waals surface area contributed by atoms with Crippen molar-refractivity contribution in [2.24, 2.45) is 0 Å². The minimum atomic E-state index is -0.769. The Bertz CT molecular complexity index is 1190. The van der Waals surface area contributed by atoms with E-state index in [1.807, 2.05) is 0 Å². The summed E-state index contributed by atoms with van der Waals surface area (Å²) in [5, 5.41) is 0. The summed E-state index contributed by atoms with van der Waals surface area (Å²) < 4.78 is 16.9. The van der Waals surface area contributed by atoms with E-state index in [-0.39, 0.29) is 31.1 Å². The van der Waals surface area contributed by atoms with Gasteiger partial charge in [-0.1, -0.05) is 301 Å². The molecule has 0 aromatic carbocycles. The number of carbonyl (C=O) groups is 3. The molecule has 416 valence electrons. The molecule has 0 aliphatic carbocycles. The molecule has 0 fully saturated rings. The van der Waals surface area contributed by atoms with Crippen LogP contribution in [0.5, 0.6) is 0 Å². The molecule has 0 bridgehead atoms. The van der Waals surface area contributed by atoms with E-state index in [2.05, 4.69) is 57.2 Å². The summed E-state index contributed by atoms with van der Waals surface area (Å²) in [6, 6.07) is 0. The quantitative estimate of drug-likeness (QED) is 0.0261. The van der Waals surface area contributed by atoms with Gasteiger partial charge in [0, 0.05) is 19.3 Å². The molecule has 6 nitrogen and oxygen atoms in total. The van der Waals surface area contributed by atoms with Crippen molar-refractivity contribution >= 4 is 17.9 Å². The van der Waals surface area contributed by atoms with Crippen molar-refractivity contribution in [1.29, 1.82) is 0 Å². The van der Waals surface area contributed by atoms with Crippen LogP contribution < -0.4 is 0 Å². The average molecular weight is 998 g/mol. The van der Waals surface area contributed by atoms with Gasteiger partial charge in [-0.25, -0.2) is 0 Å². The molecule has 0 saturated heterocycles. The summed E-state index contributed by atoms with van der Waals surface area (Å²) in [4.78, 5) is 38.2. The highest BCUT2D eigenvalue weighted by molar-refractivity contribution is 5.71. The van der Waals surface area contributed by atoms with Crippen molar-refractivity contribution in [3.8, 4) is 0 Å². The third-order valence-corrected chi connectivity index (χ3v) is 14.1. The summed E-state index contributed by atoms with van der Waals surface area (Å²) in [6.07, 6.45) is 72.9. The highest BCUT2D eigenvalue weighted by atomic mass is 16.6. The minimum absolute atomic E-state index is 0.0676. The molecule has 6 heteroatoms. The van der Waals surface area contributed by atoms with Crippen LogP contribution in [0.2, 0.25) is 0 Å². The smallest absolute Gasteiger partial charge is 0.306 e. The van der Waals surface area contributed by atoms with Crippen LogP contribution in [0, 0.1) is 0 Å². The normalized spacial score (nSPS) is 12.2. The van der Waals surface area contributed by atoms with Crippen LogP contribution in [-0.2, 0) is 28.6 Å². The summed E-state index contributed by atoms with van der Waals surface area (Å²) in [7, 11) is 0. The molecule has 71 heavy (non-hydrogen) atoms. The lowest BCUT2D eigenvalue weighted by Gasteiger charge is -2.18. The maximum Gasteiger partial charge on any atom is 0.306 e. The molecule has 0 N–H and O–H groups in total. The Labute approximate surface area is 442 Å². The van der Waals surface area contributed by atoms with Crippen molar-refractivity contribution in [3.05, 3.63) is 36.5 Å². The van der Waals surface area contributed by atoms with Gasteiger partial charge in [-0.15, -0.1) is 0 Å². The number of rotatable bonds is 58. The monoisotopic (exact) mass is 997 g/mol. The molecular weight excluding hydrogens is 877 g/mol. The van der Waals surface area contributed by atoms with Crippen molar-refractivity contribution in [3.63, 3.8) is 0 Å². The highest BCUT2D eigenvalue weighted by Crippen LogP contribution is 2.17. The van der Waals surface area contributed by atoms with E-state index in [1.54, 1.807) is 0 Å². The SMILES string of the molecule is CCCCCCC/C=C\C/C=C\C/C=C\CCCCCCCCCCCCC(=O)OCC(COC(=O)CCCCCCCCCCCCCCC)OC(=O)CCCCCCCCCCCCCCCCC. The number of unbranched alkanes of at least 4 members (excludes halogenated alkanes) is 41. The second kappa shape index (κ2) is 60.2. The Hall–Kier alpha value is -2.37. The van der Waals surface area contributed by atoms with Gasteiger partial charge in [-0.05, 0) is 57.8 Å². The van der Waals surface area contributed by atoms with Crippen LogP contribution in [0.15, 0.2) is 36.5 Å². The second-order valence-electron chi connectivity index (χ2n) is 21.3. The lowest BCUT2D eigenvalue weighted by atomic mass is 10.0. The zero-order valence-corrected chi connectivity index (χ0v) is 47.8. The minimum Gasteiger partial charge on any atom is -0.462 e. The largest absolute Gasteiger partial charge is 0.462 e. The Morgan fingerprint density at radius 3 is 0.789 bits per heavy atom. The van der Waals surface area contributed by atoms with Crippen molar-refractivity contribution < 1.29 is 28.6 Å². The molecule has 0 aromatic heterocycles. The summed E-state index contributed by atoms with van der Waals surface area (Å²) in [5.74, 6) is -0.848. The predicted molar refractivity (Wildman–Crippen MR) is 307 cm³/mol. The topological polar surface area (TPSA) is 78.9 Å². The van der Waals surface area contributed by atoms with Crippen LogP contribution in [0.25, 0.3) is 0 Å². The maximum atomic E-state index is 12.9. The molecule has 0 aliphatic rings. The van der Waals surface area contributed by atoms with Gasteiger partial charge >= 0.3 is 17.9 Å². The van der Waals surface area contributed by atoms with Crippen LogP contribution in [0.3, 0.4) is 0 Å². The van der Waals surface area contributed by atoms with E-state index >= 15 is 0 Å². The van der Waals surface area contributed by atoms with E-state index in [1.165, 1.54) is 231 Å². The molecule has 0 spiro atoms. The predicted octanol–water partition coefficient (Wildman–Crippen LogP) is 21.2.